The van der Waals surface area contributed by atoms with Gasteiger partial charge in [-0.1, -0.05) is 18.2 Å². The van der Waals surface area contributed by atoms with Crippen molar-refractivity contribution in [3.8, 4) is 0 Å². The summed E-state index contributed by atoms with van der Waals surface area (Å²) in [5, 5.41) is 0. The van der Waals surface area contributed by atoms with Crippen LogP contribution >= 0.6 is 0 Å². The van der Waals surface area contributed by atoms with Crippen molar-refractivity contribution < 1.29 is 12.8 Å². The van der Waals surface area contributed by atoms with Crippen LogP contribution in [0, 0.1) is 19.7 Å². The first-order valence-electron chi connectivity index (χ1n) is 6.42. The first-order chi connectivity index (χ1) is 9.85. The molecule has 0 radical (unpaired) electrons. The molecule has 0 saturated carbocycles. The van der Waals surface area contributed by atoms with Crippen LogP contribution in [0.3, 0.4) is 0 Å². The molecule has 0 aliphatic heterocycles. The summed E-state index contributed by atoms with van der Waals surface area (Å²) in [5.74, 6) is -0.456. The van der Waals surface area contributed by atoms with Gasteiger partial charge in [-0.15, -0.1) is 0 Å². The summed E-state index contributed by atoms with van der Waals surface area (Å²) in [6, 6.07) is 9.29. The van der Waals surface area contributed by atoms with Gasteiger partial charge in [-0.25, -0.2) is 12.8 Å². The molecule has 0 fully saturated rings. The Bertz CT molecular complexity index is 773. The predicted molar refractivity (Wildman–Crippen MR) is 81.0 cm³/mol. The molecule has 0 aromatic heterocycles. The van der Waals surface area contributed by atoms with Crippen LogP contribution in [-0.4, -0.2) is 8.42 Å². The summed E-state index contributed by atoms with van der Waals surface area (Å²) in [5.41, 5.74) is 7.36. The number of anilines is 1. The Hall–Kier alpha value is -1.92. The van der Waals surface area contributed by atoms with Crippen molar-refractivity contribution in [3.63, 3.8) is 0 Å². The molecule has 0 aliphatic rings. The third kappa shape index (κ3) is 3.22. The predicted octanol–water partition coefficient (Wildman–Crippen LogP) is 2.70. The quantitative estimate of drug-likeness (QED) is 0.912. The summed E-state index contributed by atoms with van der Waals surface area (Å²) < 4.78 is 40.9. The van der Waals surface area contributed by atoms with E-state index in [1.54, 1.807) is 19.1 Å². The number of benzene rings is 2. The molecule has 3 N–H and O–H groups in total. The van der Waals surface area contributed by atoms with E-state index in [2.05, 4.69) is 4.72 Å². The summed E-state index contributed by atoms with van der Waals surface area (Å²) in [6.45, 7) is 3.48. The Morgan fingerprint density at radius 3 is 2.57 bits per heavy atom. The zero-order chi connectivity index (χ0) is 15.6. The lowest BCUT2D eigenvalue weighted by atomic mass is 10.1. The molecule has 2 aromatic rings. The van der Waals surface area contributed by atoms with Gasteiger partial charge in [0.15, 0.2) is 0 Å². The number of hydrogen-bond donors (Lipinski definition) is 2. The second-order valence-corrected chi connectivity index (χ2v) is 6.47. The van der Waals surface area contributed by atoms with E-state index in [0.717, 1.165) is 5.56 Å². The molecule has 2 aromatic carbocycles. The van der Waals surface area contributed by atoms with Crippen LogP contribution in [0.15, 0.2) is 41.3 Å². The largest absolute Gasteiger partial charge is 0.326 e. The zero-order valence-electron chi connectivity index (χ0n) is 11.9. The van der Waals surface area contributed by atoms with Crippen LogP contribution in [0.25, 0.3) is 0 Å². The summed E-state index contributed by atoms with van der Waals surface area (Å²) in [4.78, 5) is 0.147. The Balaban J connectivity index is 2.46. The topological polar surface area (TPSA) is 72.2 Å². The first kappa shape index (κ1) is 15.5. The van der Waals surface area contributed by atoms with Crippen molar-refractivity contribution >= 4 is 15.7 Å². The van der Waals surface area contributed by atoms with Crippen molar-refractivity contribution in [2.75, 3.05) is 4.72 Å². The second kappa shape index (κ2) is 5.83. The standard InChI is InChI=1S/C15H17FN2O2S/c1-10-6-7-12(9-17)8-15(10)21(19,20)18-14-5-3-4-13(16)11(14)2/h3-8,18H,9,17H2,1-2H3. The first-order valence-corrected chi connectivity index (χ1v) is 7.91. The third-order valence-corrected chi connectivity index (χ3v) is 4.80. The number of sulfonamides is 1. The van der Waals surface area contributed by atoms with Crippen LogP contribution in [0.1, 0.15) is 16.7 Å². The summed E-state index contributed by atoms with van der Waals surface area (Å²) in [7, 11) is -3.79. The van der Waals surface area contributed by atoms with Gasteiger partial charge >= 0.3 is 0 Å². The monoisotopic (exact) mass is 308 g/mol. The van der Waals surface area contributed by atoms with E-state index in [4.69, 9.17) is 5.73 Å². The minimum atomic E-state index is -3.79. The maximum absolute atomic E-state index is 13.5. The average Bonchev–Trinajstić information content (AvgIpc) is 2.44. The SMILES string of the molecule is Cc1ccc(CN)cc1S(=O)(=O)Nc1cccc(F)c1C. The van der Waals surface area contributed by atoms with E-state index in [-0.39, 0.29) is 22.7 Å². The van der Waals surface area contributed by atoms with E-state index >= 15 is 0 Å². The molecule has 112 valence electrons. The highest BCUT2D eigenvalue weighted by Crippen LogP contribution is 2.24. The fourth-order valence-corrected chi connectivity index (χ4v) is 3.40. The normalized spacial score (nSPS) is 11.4. The number of rotatable bonds is 4. The highest BCUT2D eigenvalue weighted by atomic mass is 32.2. The van der Waals surface area contributed by atoms with Gasteiger partial charge in [0.05, 0.1) is 10.6 Å². The molecule has 4 nitrogen and oxygen atoms in total. The Morgan fingerprint density at radius 2 is 1.90 bits per heavy atom. The molecule has 0 atom stereocenters. The van der Waals surface area contributed by atoms with Crippen molar-refractivity contribution in [2.24, 2.45) is 5.73 Å². The Labute approximate surface area is 123 Å². The number of nitrogens with two attached hydrogens (primary N) is 1. The van der Waals surface area contributed by atoms with Crippen molar-refractivity contribution in [1.29, 1.82) is 0 Å². The second-order valence-electron chi connectivity index (χ2n) is 4.82. The van der Waals surface area contributed by atoms with Gasteiger partial charge in [-0.3, -0.25) is 4.72 Å². The highest BCUT2D eigenvalue weighted by Gasteiger charge is 2.19. The van der Waals surface area contributed by atoms with E-state index in [1.165, 1.54) is 31.2 Å². The van der Waals surface area contributed by atoms with Crippen LogP contribution in [0.5, 0.6) is 0 Å². The van der Waals surface area contributed by atoms with Gasteiger partial charge in [0, 0.05) is 12.1 Å². The fraction of sp³-hybridized carbons (Fsp3) is 0.200. The number of halogens is 1. The lowest BCUT2D eigenvalue weighted by Gasteiger charge is -2.13. The molecule has 21 heavy (non-hydrogen) atoms. The van der Waals surface area contributed by atoms with E-state index in [0.29, 0.717) is 5.56 Å². The molecule has 0 amide bonds. The molecular formula is C15H17FN2O2S. The van der Waals surface area contributed by atoms with Gasteiger partial charge in [0.2, 0.25) is 0 Å². The van der Waals surface area contributed by atoms with Crippen LogP contribution in [-0.2, 0) is 16.6 Å². The lowest BCUT2D eigenvalue weighted by Crippen LogP contribution is -2.16. The van der Waals surface area contributed by atoms with Crippen LogP contribution < -0.4 is 10.5 Å². The van der Waals surface area contributed by atoms with Crippen molar-refractivity contribution in [2.45, 2.75) is 25.3 Å². The van der Waals surface area contributed by atoms with Gasteiger partial charge < -0.3 is 5.73 Å². The molecular weight excluding hydrogens is 291 g/mol. The Morgan fingerprint density at radius 1 is 1.19 bits per heavy atom. The number of aryl methyl sites for hydroxylation is 1. The molecule has 2 rings (SSSR count). The molecule has 0 heterocycles. The van der Waals surface area contributed by atoms with Crippen molar-refractivity contribution in [1.82, 2.24) is 0 Å². The molecule has 0 unspecified atom stereocenters. The fourth-order valence-electron chi connectivity index (χ4n) is 1.98. The Kier molecular flexibility index (Phi) is 4.29. The molecule has 0 spiro atoms. The number of hydrogen-bond acceptors (Lipinski definition) is 3. The zero-order valence-corrected chi connectivity index (χ0v) is 12.7. The van der Waals surface area contributed by atoms with Crippen molar-refractivity contribution in [3.05, 3.63) is 58.9 Å². The average molecular weight is 308 g/mol. The van der Waals surface area contributed by atoms with Gasteiger partial charge in [-0.2, -0.15) is 0 Å². The van der Waals surface area contributed by atoms with Crippen LogP contribution in [0.2, 0.25) is 0 Å². The van der Waals surface area contributed by atoms with Gasteiger partial charge in [0.25, 0.3) is 10.0 Å². The minimum absolute atomic E-state index is 0.147. The van der Waals surface area contributed by atoms with Crippen LogP contribution in [0.4, 0.5) is 10.1 Å². The summed E-state index contributed by atoms with van der Waals surface area (Å²) in [6.07, 6.45) is 0. The lowest BCUT2D eigenvalue weighted by molar-refractivity contribution is 0.600. The van der Waals surface area contributed by atoms with E-state index < -0.39 is 15.8 Å². The molecule has 0 bridgehead atoms. The molecule has 6 heteroatoms. The highest BCUT2D eigenvalue weighted by molar-refractivity contribution is 7.92. The van der Waals surface area contributed by atoms with Gasteiger partial charge in [-0.05, 0) is 43.2 Å². The molecule has 0 saturated heterocycles. The maximum Gasteiger partial charge on any atom is 0.262 e. The maximum atomic E-state index is 13.5. The van der Waals surface area contributed by atoms with Gasteiger partial charge in [0.1, 0.15) is 5.82 Å². The third-order valence-electron chi connectivity index (χ3n) is 3.29. The minimum Gasteiger partial charge on any atom is -0.326 e. The van der Waals surface area contributed by atoms with E-state index in [9.17, 15) is 12.8 Å². The summed E-state index contributed by atoms with van der Waals surface area (Å²) >= 11 is 0. The van der Waals surface area contributed by atoms with E-state index in [1.807, 2.05) is 0 Å². The molecule has 0 aliphatic carbocycles. The number of nitrogens with one attached hydrogen (secondary N) is 1. The smallest absolute Gasteiger partial charge is 0.262 e.